The van der Waals surface area contributed by atoms with Crippen molar-refractivity contribution in [3.8, 4) is 0 Å². The molecule has 0 bridgehead atoms. The third-order valence-corrected chi connectivity index (χ3v) is 3.69. The second-order valence-electron chi connectivity index (χ2n) is 4.68. The zero-order valence-corrected chi connectivity index (χ0v) is 13.1. The number of halogens is 4. The molecule has 1 amide bonds. The van der Waals surface area contributed by atoms with Crippen LogP contribution in [0.2, 0.25) is 0 Å². The van der Waals surface area contributed by atoms with E-state index >= 15 is 0 Å². The summed E-state index contributed by atoms with van der Waals surface area (Å²) in [6.45, 7) is 2.12. The monoisotopic (exact) mass is 367 g/mol. The highest BCUT2D eigenvalue weighted by molar-refractivity contribution is 9.10. The Balaban J connectivity index is 2.88. The third-order valence-electron chi connectivity index (χ3n) is 3.20. The van der Waals surface area contributed by atoms with E-state index in [9.17, 15) is 18.0 Å². The minimum absolute atomic E-state index is 0.0134. The Morgan fingerprint density at radius 3 is 2.62 bits per heavy atom. The largest absolute Gasteiger partial charge is 0.417 e. The fraction of sp³-hybridized carbons (Fsp3) is 0.500. The van der Waals surface area contributed by atoms with Gasteiger partial charge in [0.2, 0.25) is 0 Å². The Labute approximate surface area is 129 Å². The number of aliphatic hydroxyl groups excluding tert-OH is 1. The number of amides is 1. The van der Waals surface area contributed by atoms with Crippen LogP contribution in [0.3, 0.4) is 0 Å². The minimum atomic E-state index is -4.59. The summed E-state index contributed by atoms with van der Waals surface area (Å²) in [5.74, 6) is -0.713. The van der Waals surface area contributed by atoms with Crippen LogP contribution in [0.25, 0.3) is 0 Å². The fourth-order valence-corrected chi connectivity index (χ4v) is 2.28. The van der Waals surface area contributed by atoms with E-state index < -0.39 is 23.2 Å². The predicted octanol–water partition coefficient (Wildman–Crippen LogP) is 3.61. The first-order chi connectivity index (χ1) is 9.79. The van der Waals surface area contributed by atoms with E-state index in [-0.39, 0.29) is 23.5 Å². The predicted molar refractivity (Wildman–Crippen MR) is 77.0 cm³/mol. The van der Waals surface area contributed by atoms with E-state index in [1.54, 1.807) is 0 Å². The van der Waals surface area contributed by atoms with Crippen LogP contribution >= 0.6 is 15.9 Å². The molecular formula is C14H17BrF3NO2. The number of benzene rings is 1. The smallest absolute Gasteiger partial charge is 0.396 e. The highest BCUT2D eigenvalue weighted by atomic mass is 79.9. The molecule has 0 spiro atoms. The topological polar surface area (TPSA) is 49.3 Å². The number of hydrogen-bond acceptors (Lipinski definition) is 2. The summed E-state index contributed by atoms with van der Waals surface area (Å²) in [7, 11) is 0. The van der Waals surface area contributed by atoms with Crippen LogP contribution in [0.15, 0.2) is 22.7 Å². The molecular weight excluding hydrogens is 351 g/mol. The van der Waals surface area contributed by atoms with Gasteiger partial charge in [-0.3, -0.25) is 4.79 Å². The molecule has 2 N–H and O–H groups in total. The number of hydrogen-bond donors (Lipinski definition) is 2. The zero-order chi connectivity index (χ0) is 16.0. The summed E-state index contributed by atoms with van der Waals surface area (Å²) in [6, 6.07) is 3.43. The summed E-state index contributed by atoms with van der Waals surface area (Å²) in [4.78, 5) is 12.0. The van der Waals surface area contributed by atoms with Crippen molar-refractivity contribution in [2.24, 2.45) is 5.92 Å². The molecule has 0 aliphatic heterocycles. The highest BCUT2D eigenvalue weighted by Crippen LogP contribution is 2.33. The van der Waals surface area contributed by atoms with Gasteiger partial charge in [-0.1, -0.05) is 29.3 Å². The Hall–Kier alpha value is -1.08. The second kappa shape index (κ2) is 7.79. The van der Waals surface area contributed by atoms with E-state index in [1.807, 2.05) is 6.92 Å². The van der Waals surface area contributed by atoms with Gasteiger partial charge in [-0.25, -0.2) is 0 Å². The quantitative estimate of drug-likeness (QED) is 0.806. The summed E-state index contributed by atoms with van der Waals surface area (Å²) < 4.78 is 39.1. The SMILES string of the molecule is CCC(CCO)CNC(=O)c1ccc(Br)cc1C(F)(F)F. The van der Waals surface area contributed by atoms with Gasteiger partial charge in [0.25, 0.3) is 5.91 Å². The molecule has 21 heavy (non-hydrogen) atoms. The molecule has 0 radical (unpaired) electrons. The number of carbonyl (C=O) groups excluding carboxylic acids is 1. The molecule has 118 valence electrons. The maximum Gasteiger partial charge on any atom is 0.417 e. The van der Waals surface area contributed by atoms with Gasteiger partial charge >= 0.3 is 6.18 Å². The highest BCUT2D eigenvalue weighted by Gasteiger charge is 2.35. The van der Waals surface area contributed by atoms with Crippen LogP contribution in [-0.2, 0) is 6.18 Å². The van der Waals surface area contributed by atoms with Crippen molar-refractivity contribution in [2.75, 3.05) is 13.2 Å². The average Bonchev–Trinajstić information content (AvgIpc) is 2.42. The molecule has 1 rings (SSSR count). The lowest BCUT2D eigenvalue weighted by Gasteiger charge is -2.16. The summed E-state index contributed by atoms with van der Waals surface area (Å²) in [5, 5.41) is 11.4. The van der Waals surface area contributed by atoms with Gasteiger partial charge in [-0.2, -0.15) is 13.2 Å². The van der Waals surface area contributed by atoms with Gasteiger partial charge in [0.05, 0.1) is 11.1 Å². The van der Waals surface area contributed by atoms with Crippen molar-refractivity contribution < 1.29 is 23.1 Å². The molecule has 1 aromatic rings. The molecule has 0 aliphatic carbocycles. The Bertz CT molecular complexity index is 492. The van der Waals surface area contributed by atoms with E-state index in [0.717, 1.165) is 18.6 Å². The maximum atomic E-state index is 12.9. The molecule has 3 nitrogen and oxygen atoms in total. The molecule has 0 saturated heterocycles. The number of carbonyl (C=O) groups is 1. The molecule has 0 aliphatic rings. The summed E-state index contributed by atoms with van der Waals surface area (Å²) in [6.07, 6.45) is -3.36. The Morgan fingerprint density at radius 2 is 2.10 bits per heavy atom. The summed E-state index contributed by atoms with van der Waals surface area (Å²) in [5.41, 5.74) is -1.37. The van der Waals surface area contributed by atoms with E-state index in [2.05, 4.69) is 21.2 Å². The molecule has 1 unspecified atom stereocenters. The number of nitrogens with one attached hydrogen (secondary N) is 1. The van der Waals surface area contributed by atoms with Crippen molar-refractivity contribution in [3.63, 3.8) is 0 Å². The first kappa shape index (κ1) is 18.0. The van der Waals surface area contributed by atoms with Crippen molar-refractivity contribution in [2.45, 2.75) is 25.9 Å². The standard InChI is InChI=1S/C14H17BrF3NO2/c1-2-9(5-6-20)8-19-13(21)11-4-3-10(15)7-12(11)14(16,17)18/h3-4,7,9,20H,2,5-6,8H2,1H3,(H,19,21). The van der Waals surface area contributed by atoms with Crippen LogP contribution in [0, 0.1) is 5.92 Å². The fourth-order valence-electron chi connectivity index (χ4n) is 1.91. The first-order valence-corrected chi connectivity index (χ1v) is 7.34. The van der Waals surface area contributed by atoms with Crippen LogP contribution in [0.5, 0.6) is 0 Å². The van der Waals surface area contributed by atoms with Gasteiger partial charge in [0, 0.05) is 17.6 Å². The maximum absolute atomic E-state index is 12.9. The first-order valence-electron chi connectivity index (χ1n) is 6.55. The average molecular weight is 368 g/mol. The minimum Gasteiger partial charge on any atom is -0.396 e. The molecule has 1 aromatic carbocycles. The molecule has 0 fully saturated rings. The van der Waals surface area contributed by atoms with Gasteiger partial charge in [0.1, 0.15) is 0 Å². The molecule has 7 heteroatoms. The Morgan fingerprint density at radius 1 is 1.43 bits per heavy atom. The van der Waals surface area contributed by atoms with Crippen LogP contribution in [0.1, 0.15) is 35.7 Å². The van der Waals surface area contributed by atoms with Gasteiger partial charge in [-0.05, 0) is 30.5 Å². The molecule has 1 atom stereocenters. The van der Waals surface area contributed by atoms with Crippen molar-refractivity contribution >= 4 is 21.8 Å². The van der Waals surface area contributed by atoms with Gasteiger partial charge in [-0.15, -0.1) is 0 Å². The second-order valence-corrected chi connectivity index (χ2v) is 5.60. The van der Waals surface area contributed by atoms with E-state index in [1.165, 1.54) is 6.07 Å². The van der Waals surface area contributed by atoms with E-state index in [4.69, 9.17) is 5.11 Å². The van der Waals surface area contributed by atoms with E-state index in [0.29, 0.717) is 6.42 Å². The Kier molecular flexibility index (Phi) is 6.67. The van der Waals surface area contributed by atoms with Crippen molar-refractivity contribution in [3.05, 3.63) is 33.8 Å². The lowest BCUT2D eigenvalue weighted by atomic mass is 10.0. The lowest BCUT2D eigenvalue weighted by Crippen LogP contribution is -2.31. The zero-order valence-electron chi connectivity index (χ0n) is 11.5. The molecule has 0 aromatic heterocycles. The van der Waals surface area contributed by atoms with Crippen LogP contribution < -0.4 is 5.32 Å². The number of alkyl halides is 3. The van der Waals surface area contributed by atoms with Gasteiger partial charge < -0.3 is 10.4 Å². The number of aliphatic hydroxyl groups is 1. The lowest BCUT2D eigenvalue weighted by molar-refractivity contribution is -0.138. The van der Waals surface area contributed by atoms with Gasteiger partial charge in [0.15, 0.2) is 0 Å². The van der Waals surface area contributed by atoms with Crippen LogP contribution in [0.4, 0.5) is 13.2 Å². The normalized spacial score (nSPS) is 13.0. The molecule has 0 saturated carbocycles. The number of rotatable bonds is 6. The third kappa shape index (κ3) is 5.32. The summed E-state index contributed by atoms with van der Waals surface area (Å²) >= 11 is 2.97. The van der Waals surface area contributed by atoms with Crippen molar-refractivity contribution in [1.82, 2.24) is 5.32 Å². The molecule has 0 heterocycles. The van der Waals surface area contributed by atoms with Crippen LogP contribution in [-0.4, -0.2) is 24.2 Å². The van der Waals surface area contributed by atoms with Crippen molar-refractivity contribution in [1.29, 1.82) is 0 Å².